The number of alkyl halides is 3. The standard InChI is InChI=1S/C26H37F3N2O3/c27-26(28,29)34-22-11-9-21(10-12-22)23(25(33)13-5-2-6-14-25)24(32)31-17-15-30(16-18-31)19-20-7-3-1-4-8-20/h9-12,20,23,33H,1-8,13-19H2. The highest BCUT2D eigenvalue weighted by atomic mass is 19.4. The number of nitrogens with zero attached hydrogens (tertiary/aromatic N) is 2. The van der Waals surface area contributed by atoms with E-state index in [1.165, 1.54) is 56.4 Å². The van der Waals surface area contributed by atoms with Crippen molar-refractivity contribution < 1.29 is 27.8 Å². The second-order valence-electron chi connectivity index (χ2n) is 10.3. The lowest BCUT2D eigenvalue weighted by Gasteiger charge is -2.43. The van der Waals surface area contributed by atoms with E-state index in [9.17, 15) is 23.1 Å². The van der Waals surface area contributed by atoms with Crippen LogP contribution in [0.5, 0.6) is 5.75 Å². The predicted molar refractivity (Wildman–Crippen MR) is 123 cm³/mol. The molecule has 3 aliphatic rings. The zero-order chi connectivity index (χ0) is 24.2. The average Bonchev–Trinajstić information content (AvgIpc) is 2.81. The molecule has 1 amide bonds. The number of piperazine rings is 1. The van der Waals surface area contributed by atoms with Crippen molar-refractivity contribution in [2.45, 2.75) is 82.1 Å². The van der Waals surface area contributed by atoms with Crippen LogP contribution in [0.2, 0.25) is 0 Å². The molecule has 1 aromatic rings. The number of halogens is 3. The number of rotatable bonds is 6. The number of carbonyl (C=O) groups excluding carboxylic acids is 1. The summed E-state index contributed by atoms with van der Waals surface area (Å²) in [5.41, 5.74) is -0.630. The topological polar surface area (TPSA) is 53.0 Å². The van der Waals surface area contributed by atoms with E-state index >= 15 is 0 Å². The number of aliphatic hydroxyl groups is 1. The maximum Gasteiger partial charge on any atom is 0.573 e. The van der Waals surface area contributed by atoms with Crippen LogP contribution in [0.3, 0.4) is 0 Å². The van der Waals surface area contributed by atoms with Gasteiger partial charge in [0.05, 0.1) is 11.5 Å². The van der Waals surface area contributed by atoms with E-state index in [0.29, 0.717) is 31.5 Å². The highest BCUT2D eigenvalue weighted by molar-refractivity contribution is 5.85. The van der Waals surface area contributed by atoms with Crippen LogP contribution in [0, 0.1) is 5.92 Å². The van der Waals surface area contributed by atoms with Crippen molar-refractivity contribution in [1.82, 2.24) is 9.80 Å². The largest absolute Gasteiger partial charge is 0.573 e. The van der Waals surface area contributed by atoms with Gasteiger partial charge >= 0.3 is 6.36 Å². The van der Waals surface area contributed by atoms with Crippen LogP contribution in [0.15, 0.2) is 24.3 Å². The Labute approximate surface area is 200 Å². The van der Waals surface area contributed by atoms with Crippen molar-refractivity contribution in [3.63, 3.8) is 0 Å². The van der Waals surface area contributed by atoms with Crippen LogP contribution in [0.1, 0.15) is 75.7 Å². The van der Waals surface area contributed by atoms with E-state index in [4.69, 9.17) is 0 Å². The van der Waals surface area contributed by atoms with Gasteiger partial charge in [-0.25, -0.2) is 0 Å². The van der Waals surface area contributed by atoms with Crippen LogP contribution in [-0.4, -0.2) is 65.5 Å². The number of carbonyl (C=O) groups is 1. The van der Waals surface area contributed by atoms with Crippen LogP contribution >= 0.6 is 0 Å². The Hall–Kier alpha value is -1.80. The van der Waals surface area contributed by atoms with Crippen molar-refractivity contribution in [2.24, 2.45) is 5.92 Å². The first-order chi connectivity index (χ1) is 16.2. The predicted octanol–water partition coefficient (Wildman–Crippen LogP) is 5.09. The van der Waals surface area contributed by atoms with Gasteiger partial charge in [0.25, 0.3) is 0 Å². The van der Waals surface area contributed by atoms with Gasteiger partial charge < -0.3 is 14.7 Å². The van der Waals surface area contributed by atoms with E-state index in [2.05, 4.69) is 9.64 Å². The molecule has 1 aliphatic heterocycles. The highest BCUT2D eigenvalue weighted by Gasteiger charge is 2.45. The number of hydrogen-bond donors (Lipinski definition) is 1. The minimum Gasteiger partial charge on any atom is -0.406 e. The van der Waals surface area contributed by atoms with E-state index in [1.54, 1.807) is 0 Å². The molecule has 1 heterocycles. The van der Waals surface area contributed by atoms with E-state index in [0.717, 1.165) is 44.8 Å². The normalized spacial score (nSPS) is 23.5. The third-order valence-electron chi connectivity index (χ3n) is 7.88. The fourth-order valence-corrected chi connectivity index (χ4v) is 6.07. The summed E-state index contributed by atoms with van der Waals surface area (Å²) >= 11 is 0. The van der Waals surface area contributed by atoms with Crippen LogP contribution < -0.4 is 4.74 Å². The fourth-order valence-electron chi connectivity index (χ4n) is 6.07. The summed E-state index contributed by atoms with van der Waals surface area (Å²) in [7, 11) is 0. The van der Waals surface area contributed by atoms with Crippen LogP contribution in [0.25, 0.3) is 0 Å². The summed E-state index contributed by atoms with van der Waals surface area (Å²) in [5.74, 6) is -0.470. The lowest BCUT2D eigenvalue weighted by molar-refractivity contribution is -0.274. The summed E-state index contributed by atoms with van der Waals surface area (Å²) in [5, 5.41) is 11.5. The molecule has 2 saturated carbocycles. The Kier molecular flexibility index (Phi) is 8.08. The average molecular weight is 483 g/mol. The zero-order valence-corrected chi connectivity index (χ0v) is 19.9. The first-order valence-corrected chi connectivity index (χ1v) is 12.8. The molecule has 2 aliphatic carbocycles. The van der Waals surface area contributed by atoms with Gasteiger partial charge in [-0.05, 0) is 49.3 Å². The van der Waals surface area contributed by atoms with Crippen LogP contribution in [-0.2, 0) is 4.79 Å². The maximum absolute atomic E-state index is 13.7. The molecule has 34 heavy (non-hydrogen) atoms. The van der Waals surface area contributed by atoms with E-state index in [1.807, 2.05) is 4.90 Å². The Morgan fingerprint density at radius 1 is 0.971 bits per heavy atom. The molecule has 1 aromatic carbocycles. The van der Waals surface area contributed by atoms with Crippen molar-refractivity contribution in [3.8, 4) is 5.75 Å². The van der Waals surface area contributed by atoms with Gasteiger partial charge in [-0.15, -0.1) is 13.2 Å². The van der Waals surface area contributed by atoms with Gasteiger partial charge in [-0.1, -0.05) is 50.7 Å². The van der Waals surface area contributed by atoms with Gasteiger partial charge in [0, 0.05) is 32.7 Å². The van der Waals surface area contributed by atoms with Gasteiger partial charge in [-0.3, -0.25) is 9.69 Å². The minimum absolute atomic E-state index is 0.119. The number of benzene rings is 1. The Balaban J connectivity index is 1.45. The Morgan fingerprint density at radius 2 is 1.56 bits per heavy atom. The smallest absolute Gasteiger partial charge is 0.406 e. The van der Waals surface area contributed by atoms with Crippen molar-refractivity contribution in [2.75, 3.05) is 32.7 Å². The molecule has 190 valence electrons. The fraction of sp³-hybridized carbons (Fsp3) is 0.731. The second-order valence-corrected chi connectivity index (χ2v) is 10.3. The van der Waals surface area contributed by atoms with Crippen molar-refractivity contribution in [1.29, 1.82) is 0 Å². The quantitative estimate of drug-likeness (QED) is 0.614. The molecule has 3 fully saturated rings. The summed E-state index contributed by atoms with van der Waals surface area (Å²) < 4.78 is 41.7. The summed E-state index contributed by atoms with van der Waals surface area (Å²) in [6.45, 7) is 3.98. The van der Waals surface area contributed by atoms with Crippen molar-refractivity contribution in [3.05, 3.63) is 29.8 Å². The molecule has 1 N–H and O–H groups in total. The van der Waals surface area contributed by atoms with E-state index in [-0.39, 0.29) is 11.7 Å². The van der Waals surface area contributed by atoms with Gasteiger partial charge in [0.1, 0.15) is 5.75 Å². The molecule has 1 atom stereocenters. The first-order valence-electron chi connectivity index (χ1n) is 12.8. The Bertz CT molecular complexity index is 795. The van der Waals surface area contributed by atoms with Crippen LogP contribution in [0.4, 0.5) is 13.2 Å². The summed E-state index contributed by atoms with van der Waals surface area (Å²) in [6, 6.07) is 5.46. The second kappa shape index (κ2) is 10.9. The zero-order valence-electron chi connectivity index (χ0n) is 19.9. The monoisotopic (exact) mass is 482 g/mol. The molecular weight excluding hydrogens is 445 g/mol. The van der Waals surface area contributed by atoms with Gasteiger partial charge in [-0.2, -0.15) is 0 Å². The number of amides is 1. The summed E-state index contributed by atoms with van der Waals surface area (Å²) in [6.07, 6.45) is 5.52. The molecule has 1 saturated heterocycles. The van der Waals surface area contributed by atoms with Gasteiger partial charge in [0.2, 0.25) is 5.91 Å². The molecule has 4 rings (SSSR count). The minimum atomic E-state index is -4.77. The Morgan fingerprint density at radius 3 is 2.15 bits per heavy atom. The van der Waals surface area contributed by atoms with Crippen molar-refractivity contribution >= 4 is 5.91 Å². The van der Waals surface area contributed by atoms with Gasteiger partial charge in [0.15, 0.2) is 0 Å². The molecule has 8 heteroatoms. The SMILES string of the molecule is O=C(C(c1ccc(OC(F)(F)F)cc1)C1(O)CCCCC1)N1CCN(CC2CCCCC2)CC1. The maximum atomic E-state index is 13.7. The lowest BCUT2D eigenvalue weighted by Crippen LogP contribution is -2.54. The molecule has 1 unspecified atom stereocenters. The highest BCUT2D eigenvalue weighted by Crippen LogP contribution is 2.42. The molecule has 5 nitrogen and oxygen atoms in total. The number of ether oxygens (including phenoxy) is 1. The first kappa shape index (κ1) is 25.3. The van der Waals surface area contributed by atoms with E-state index < -0.39 is 17.9 Å². The third kappa shape index (κ3) is 6.45. The molecule has 0 aromatic heterocycles. The summed E-state index contributed by atoms with van der Waals surface area (Å²) in [4.78, 5) is 18.0. The molecule has 0 bridgehead atoms. The molecule has 0 spiro atoms. The lowest BCUT2D eigenvalue weighted by atomic mass is 9.72. The molecule has 0 radical (unpaired) electrons. The third-order valence-corrected chi connectivity index (χ3v) is 7.88. The molecular formula is C26H37F3N2O3. The number of hydrogen-bond acceptors (Lipinski definition) is 4.